The zero-order valence-corrected chi connectivity index (χ0v) is 12.0. The molecule has 19 heavy (non-hydrogen) atoms. The van der Waals surface area contributed by atoms with Crippen LogP contribution in [-0.2, 0) is 4.79 Å². The molecule has 2 N–H and O–H groups in total. The molecule has 1 aliphatic heterocycles. The van der Waals surface area contributed by atoms with Gasteiger partial charge in [-0.15, -0.1) is 0 Å². The Balaban J connectivity index is 1.82. The van der Waals surface area contributed by atoms with Gasteiger partial charge in [0, 0.05) is 12.1 Å². The molecule has 1 saturated heterocycles. The van der Waals surface area contributed by atoms with Gasteiger partial charge in [-0.1, -0.05) is 12.1 Å². The summed E-state index contributed by atoms with van der Waals surface area (Å²) >= 11 is 0. The van der Waals surface area contributed by atoms with Crippen LogP contribution in [0.5, 0.6) is 0 Å². The summed E-state index contributed by atoms with van der Waals surface area (Å²) in [5.74, 6) is 0.803. The normalized spacial score (nSPS) is 19.2. The summed E-state index contributed by atoms with van der Waals surface area (Å²) in [7, 11) is 0. The summed E-state index contributed by atoms with van der Waals surface area (Å²) in [5, 5.41) is 6.42. The first kappa shape index (κ1) is 14.1. The Kier molecular flexibility index (Phi) is 4.97. The Morgan fingerprint density at radius 3 is 3.00 bits per heavy atom. The van der Waals surface area contributed by atoms with Gasteiger partial charge in [-0.25, -0.2) is 0 Å². The van der Waals surface area contributed by atoms with Crippen molar-refractivity contribution in [2.45, 2.75) is 39.5 Å². The van der Waals surface area contributed by atoms with E-state index in [0.29, 0.717) is 12.3 Å². The first-order valence-electron chi connectivity index (χ1n) is 7.23. The molecule has 0 radical (unpaired) electrons. The topological polar surface area (TPSA) is 41.1 Å². The van der Waals surface area contributed by atoms with Crippen molar-refractivity contribution in [3.8, 4) is 0 Å². The van der Waals surface area contributed by atoms with Crippen LogP contribution >= 0.6 is 0 Å². The number of benzene rings is 1. The molecule has 1 amide bonds. The second kappa shape index (κ2) is 6.71. The molecule has 0 aliphatic carbocycles. The number of anilines is 1. The number of carbonyl (C=O) groups excluding carboxylic acids is 1. The number of nitrogens with one attached hydrogen (secondary N) is 2. The summed E-state index contributed by atoms with van der Waals surface area (Å²) < 4.78 is 0. The number of amides is 1. The molecule has 104 valence electrons. The highest BCUT2D eigenvalue weighted by Crippen LogP contribution is 2.20. The van der Waals surface area contributed by atoms with Crippen molar-refractivity contribution >= 4 is 11.6 Å². The molecule has 0 aromatic heterocycles. The van der Waals surface area contributed by atoms with Gasteiger partial charge in [-0.2, -0.15) is 0 Å². The molecule has 0 spiro atoms. The van der Waals surface area contributed by atoms with Crippen LogP contribution in [0.15, 0.2) is 18.2 Å². The highest BCUT2D eigenvalue weighted by molar-refractivity contribution is 5.91. The lowest BCUT2D eigenvalue weighted by molar-refractivity contribution is -0.116. The smallest absolute Gasteiger partial charge is 0.224 e. The third-order valence-electron chi connectivity index (χ3n) is 4.06. The molecule has 1 atom stereocenters. The fraction of sp³-hybridized carbons (Fsp3) is 0.562. The van der Waals surface area contributed by atoms with Crippen molar-refractivity contribution in [2.24, 2.45) is 5.92 Å². The molecule has 1 aromatic rings. The van der Waals surface area contributed by atoms with E-state index in [9.17, 15) is 4.79 Å². The van der Waals surface area contributed by atoms with Crippen LogP contribution in [0.3, 0.4) is 0 Å². The third-order valence-corrected chi connectivity index (χ3v) is 4.06. The van der Waals surface area contributed by atoms with Gasteiger partial charge in [0.15, 0.2) is 0 Å². The van der Waals surface area contributed by atoms with Crippen LogP contribution in [-0.4, -0.2) is 19.0 Å². The van der Waals surface area contributed by atoms with Gasteiger partial charge in [0.25, 0.3) is 0 Å². The molecule has 1 fully saturated rings. The Labute approximate surface area is 115 Å². The monoisotopic (exact) mass is 260 g/mol. The first-order chi connectivity index (χ1) is 9.16. The second-order valence-corrected chi connectivity index (χ2v) is 5.55. The summed E-state index contributed by atoms with van der Waals surface area (Å²) in [5.41, 5.74) is 3.33. The summed E-state index contributed by atoms with van der Waals surface area (Å²) in [6.45, 7) is 6.32. The molecule has 1 unspecified atom stereocenters. The lowest BCUT2D eigenvalue weighted by Crippen LogP contribution is -2.30. The van der Waals surface area contributed by atoms with Gasteiger partial charge in [-0.05, 0) is 69.3 Å². The van der Waals surface area contributed by atoms with E-state index in [1.165, 1.54) is 18.4 Å². The van der Waals surface area contributed by atoms with E-state index in [0.717, 1.165) is 30.8 Å². The van der Waals surface area contributed by atoms with Gasteiger partial charge in [0.1, 0.15) is 0 Å². The number of aryl methyl sites for hydroxylation is 1. The molecule has 2 rings (SSSR count). The quantitative estimate of drug-likeness (QED) is 0.873. The molecule has 0 saturated carbocycles. The summed E-state index contributed by atoms with van der Waals surface area (Å²) in [6.07, 6.45) is 4.11. The van der Waals surface area contributed by atoms with Crippen molar-refractivity contribution in [2.75, 3.05) is 18.4 Å². The van der Waals surface area contributed by atoms with Crippen LogP contribution in [0.25, 0.3) is 0 Å². The number of piperidine rings is 1. The highest BCUT2D eigenvalue weighted by atomic mass is 16.1. The van der Waals surface area contributed by atoms with Crippen molar-refractivity contribution < 1.29 is 4.79 Å². The SMILES string of the molecule is Cc1cccc(NC(=O)CCC2CCCNC2)c1C. The van der Waals surface area contributed by atoms with Gasteiger partial charge in [-0.3, -0.25) is 4.79 Å². The lowest BCUT2D eigenvalue weighted by atomic mass is 9.94. The molecule has 0 bridgehead atoms. The average molecular weight is 260 g/mol. The number of hydrogen-bond acceptors (Lipinski definition) is 2. The zero-order chi connectivity index (χ0) is 13.7. The molecular formula is C16H24N2O. The van der Waals surface area contributed by atoms with Gasteiger partial charge in [0.05, 0.1) is 0 Å². The molecule has 3 nitrogen and oxygen atoms in total. The van der Waals surface area contributed by atoms with Crippen molar-refractivity contribution in [1.29, 1.82) is 0 Å². The highest BCUT2D eigenvalue weighted by Gasteiger charge is 2.14. The van der Waals surface area contributed by atoms with Crippen LogP contribution in [0, 0.1) is 19.8 Å². The molecule has 3 heteroatoms. The predicted molar refractivity (Wildman–Crippen MR) is 79.4 cm³/mol. The zero-order valence-electron chi connectivity index (χ0n) is 12.0. The first-order valence-corrected chi connectivity index (χ1v) is 7.23. The summed E-state index contributed by atoms with van der Waals surface area (Å²) in [6, 6.07) is 6.03. The average Bonchev–Trinajstić information content (AvgIpc) is 2.43. The van der Waals surface area contributed by atoms with Crippen LogP contribution < -0.4 is 10.6 Å². The van der Waals surface area contributed by atoms with Gasteiger partial charge >= 0.3 is 0 Å². The number of rotatable bonds is 4. The third kappa shape index (κ3) is 4.06. The molecule has 1 heterocycles. The number of hydrogen-bond donors (Lipinski definition) is 2. The van der Waals surface area contributed by atoms with Crippen molar-refractivity contribution in [3.05, 3.63) is 29.3 Å². The minimum atomic E-state index is 0.138. The van der Waals surface area contributed by atoms with Crippen molar-refractivity contribution in [3.63, 3.8) is 0 Å². The van der Waals surface area contributed by atoms with Crippen LogP contribution in [0.2, 0.25) is 0 Å². The van der Waals surface area contributed by atoms with E-state index in [4.69, 9.17) is 0 Å². The van der Waals surface area contributed by atoms with E-state index >= 15 is 0 Å². The van der Waals surface area contributed by atoms with Gasteiger partial charge in [0.2, 0.25) is 5.91 Å². The largest absolute Gasteiger partial charge is 0.326 e. The minimum absolute atomic E-state index is 0.138. The lowest BCUT2D eigenvalue weighted by Gasteiger charge is -2.22. The fourth-order valence-electron chi connectivity index (χ4n) is 2.60. The second-order valence-electron chi connectivity index (χ2n) is 5.55. The van der Waals surface area contributed by atoms with E-state index in [2.05, 4.69) is 30.5 Å². The maximum absolute atomic E-state index is 12.0. The Hall–Kier alpha value is -1.35. The van der Waals surface area contributed by atoms with Gasteiger partial charge < -0.3 is 10.6 Å². The standard InChI is InChI=1S/C16H24N2O/c1-12-5-3-7-15(13(12)2)18-16(19)9-8-14-6-4-10-17-11-14/h3,5,7,14,17H,4,6,8-11H2,1-2H3,(H,18,19). The molecule has 1 aliphatic rings. The minimum Gasteiger partial charge on any atom is -0.326 e. The van der Waals surface area contributed by atoms with E-state index in [1.807, 2.05) is 12.1 Å². The van der Waals surface area contributed by atoms with Crippen molar-refractivity contribution in [1.82, 2.24) is 5.32 Å². The van der Waals surface area contributed by atoms with E-state index < -0.39 is 0 Å². The molecule has 1 aromatic carbocycles. The maximum Gasteiger partial charge on any atom is 0.224 e. The van der Waals surface area contributed by atoms with Crippen LogP contribution in [0.4, 0.5) is 5.69 Å². The Morgan fingerprint density at radius 2 is 2.26 bits per heavy atom. The van der Waals surface area contributed by atoms with Crippen LogP contribution in [0.1, 0.15) is 36.8 Å². The van der Waals surface area contributed by atoms with E-state index in [1.54, 1.807) is 0 Å². The Bertz CT molecular complexity index is 436. The van der Waals surface area contributed by atoms with E-state index in [-0.39, 0.29) is 5.91 Å². The Morgan fingerprint density at radius 1 is 1.42 bits per heavy atom. The molecular weight excluding hydrogens is 236 g/mol. The number of carbonyl (C=O) groups is 1. The predicted octanol–water partition coefficient (Wildman–Crippen LogP) is 3.02. The fourth-order valence-corrected chi connectivity index (χ4v) is 2.60. The maximum atomic E-state index is 12.0. The summed E-state index contributed by atoms with van der Waals surface area (Å²) in [4.78, 5) is 12.0.